The van der Waals surface area contributed by atoms with Gasteiger partial charge in [-0.2, -0.15) is 0 Å². The van der Waals surface area contributed by atoms with Crippen molar-refractivity contribution < 1.29 is 19.7 Å². The summed E-state index contributed by atoms with van der Waals surface area (Å²) in [7, 11) is 0. The van der Waals surface area contributed by atoms with Crippen LogP contribution in [0.5, 0.6) is 0 Å². The Labute approximate surface area is 95.9 Å². The molecule has 0 aliphatic carbocycles. The lowest BCUT2D eigenvalue weighted by molar-refractivity contribution is -0.394. The SMILES string of the molecule is O=C([O-])c1cc([N+](=O)[O-])cc([N+](=O)[O-])c1Br. The second-order valence-corrected chi connectivity index (χ2v) is 3.42. The van der Waals surface area contributed by atoms with Gasteiger partial charge in [0.15, 0.2) is 0 Å². The van der Waals surface area contributed by atoms with Crippen LogP contribution in [0, 0.1) is 20.2 Å². The summed E-state index contributed by atoms with van der Waals surface area (Å²) < 4.78 is -0.358. The molecule has 84 valence electrons. The van der Waals surface area contributed by atoms with Crippen molar-refractivity contribution in [3.05, 3.63) is 42.4 Å². The summed E-state index contributed by atoms with van der Waals surface area (Å²) in [5.74, 6) is -1.74. The molecule has 0 saturated heterocycles. The summed E-state index contributed by atoms with van der Waals surface area (Å²) in [5, 5.41) is 31.5. The topological polar surface area (TPSA) is 126 Å². The van der Waals surface area contributed by atoms with Gasteiger partial charge in [-0.15, -0.1) is 0 Å². The molecule has 0 aliphatic rings. The largest absolute Gasteiger partial charge is 0.545 e. The van der Waals surface area contributed by atoms with E-state index in [4.69, 9.17) is 0 Å². The average Bonchev–Trinajstić information content (AvgIpc) is 2.16. The van der Waals surface area contributed by atoms with Crippen molar-refractivity contribution in [1.82, 2.24) is 0 Å². The first-order valence-corrected chi connectivity index (χ1v) is 4.47. The zero-order valence-electron chi connectivity index (χ0n) is 7.38. The lowest BCUT2D eigenvalue weighted by Gasteiger charge is -2.05. The van der Waals surface area contributed by atoms with Crippen molar-refractivity contribution in [2.24, 2.45) is 0 Å². The molecule has 16 heavy (non-hydrogen) atoms. The molecule has 1 rings (SSSR count). The summed E-state index contributed by atoms with van der Waals surface area (Å²) >= 11 is 2.68. The second-order valence-electron chi connectivity index (χ2n) is 2.63. The molecule has 0 aliphatic heterocycles. The minimum Gasteiger partial charge on any atom is -0.545 e. The van der Waals surface area contributed by atoms with Crippen LogP contribution in [0.1, 0.15) is 10.4 Å². The van der Waals surface area contributed by atoms with Gasteiger partial charge >= 0.3 is 0 Å². The molecule has 0 atom stereocenters. The van der Waals surface area contributed by atoms with Gasteiger partial charge in [0.2, 0.25) is 0 Å². The zero-order valence-corrected chi connectivity index (χ0v) is 8.96. The van der Waals surface area contributed by atoms with Crippen molar-refractivity contribution in [3.63, 3.8) is 0 Å². The first-order valence-electron chi connectivity index (χ1n) is 3.68. The number of benzene rings is 1. The van der Waals surface area contributed by atoms with E-state index in [0.29, 0.717) is 12.1 Å². The van der Waals surface area contributed by atoms with Gasteiger partial charge in [-0.3, -0.25) is 20.2 Å². The van der Waals surface area contributed by atoms with Crippen molar-refractivity contribution in [2.75, 3.05) is 0 Å². The lowest BCUT2D eigenvalue weighted by atomic mass is 10.2. The predicted molar refractivity (Wildman–Crippen MR) is 51.8 cm³/mol. The molecule has 9 heteroatoms. The number of nitro groups is 2. The Bertz CT molecular complexity index is 465. The highest BCUT2D eigenvalue weighted by atomic mass is 79.9. The standard InChI is InChI=1S/C7H3BrN2O6/c8-6-4(7(11)12)1-3(9(13)14)2-5(6)10(15)16/h1-2H,(H,11,12)/p-1. The van der Waals surface area contributed by atoms with Crippen LogP contribution in [-0.2, 0) is 0 Å². The van der Waals surface area contributed by atoms with Crippen LogP contribution in [0.3, 0.4) is 0 Å². The summed E-state index contributed by atoms with van der Waals surface area (Å²) in [6.07, 6.45) is 0. The fourth-order valence-electron chi connectivity index (χ4n) is 0.981. The average molecular weight is 290 g/mol. The summed E-state index contributed by atoms with van der Waals surface area (Å²) in [6.45, 7) is 0. The van der Waals surface area contributed by atoms with E-state index >= 15 is 0 Å². The number of carboxylic acids is 1. The van der Waals surface area contributed by atoms with Gasteiger partial charge in [-0.1, -0.05) is 0 Å². The molecule has 1 aromatic rings. The highest BCUT2D eigenvalue weighted by Crippen LogP contribution is 2.32. The predicted octanol–water partition coefficient (Wildman–Crippen LogP) is 0.629. The Morgan fingerprint density at radius 1 is 1.19 bits per heavy atom. The zero-order chi connectivity index (χ0) is 12.5. The fourth-order valence-corrected chi connectivity index (χ4v) is 1.52. The van der Waals surface area contributed by atoms with Gasteiger partial charge in [0.05, 0.1) is 21.9 Å². The molecule has 0 heterocycles. The van der Waals surface area contributed by atoms with Gasteiger partial charge in [-0.25, -0.2) is 0 Å². The third kappa shape index (κ3) is 2.14. The Balaban J connectivity index is 3.57. The molecule has 8 nitrogen and oxygen atoms in total. The highest BCUT2D eigenvalue weighted by Gasteiger charge is 2.22. The number of halogens is 1. The molecule has 0 N–H and O–H groups in total. The van der Waals surface area contributed by atoms with Crippen LogP contribution in [0.15, 0.2) is 16.6 Å². The van der Waals surface area contributed by atoms with Gasteiger partial charge in [0.1, 0.15) is 4.47 Å². The van der Waals surface area contributed by atoms with E-state index in [9.17, 15) is 30.1 Å². The maximum Gasteiger partial charge on any atom is 0.291 e. The highest BCUT2D eigenvalue weighted by molar-refractivity contribution is 9.10. The molecule has 0 radical (unpaired) electrons. The van der Waals surface area contributed by atoms with E-state index in [1.165, 1.54) is 0 Å². The Hall–Kier alpha value is -2.03. The van der Waals surface area contributed by atoms with E-state index < -0.39 is 32.8 Å². The van der Waals surface area contributed by atoms with Gasteiger partial charge in [0.25, 0.3) is 11.4 Å². The number of nitrogens with zero attached hydrogens (tertiary/aromatic N) is 2. The van der Waals surface area contributed by atoms with E-state index in [1.54, 1.807) is 0 Å². The summed E-state index contributed by atoms with van der Waals surface area (Å²) in [6, 6.07) is 1.35. The van der Waals surface area contributed by atoms with Crippen LogP contribution < -0.4 is 5.11 Å². The van der Waals surface area contributed by atoms with E-state index in [1.807, 2.05) is 0 Å². The molecule has 0 saturated carbocycles. The minimum absolute atomic E-state index is 0.358. The molecule has 0 bridgehead atoms. The number of nitro benzene ring substituents is 2. The normalized spacial score (nSPS) is 9.81. The smallest absolute Gasteiger partial charge is 0.291 e. The first kappa shape index (κ1) is 12.0. The van der Waals surface area contributed by atoms with Crippen molar-refractivity contribution >= 4 is 33.3 Å². The van der Waals surface area contributed by atoms with Crippen LogP contribution in [0.25, 0.3) is 0 Å². The van der Waals surface area contributed by atoms with Crippen LogP contribution >= 0.6 is 15.9 Å². The molecule has 0 spiro atoms. The van der Waals surface area contributed by atoms with Crippen LogP contribution in [0.4, 0.5) is 11.4 Å². The number of hydrogen-bond acceptors (Lipinski definition) is 6. The Kier molecular flexibility index (Phi) is 3.18. The van der Waals surface area contributed by atoms with Gasteiger partial charge in [0, 0.05) is 11.6 Å². The van der Waals surface area contributed by atoms with Crippen molar-refractivity contribution in [2.45, 2.75) is 0 Å². The van der Waals surface area contributed by atoms with E-state index in [-0.39, 0.29) is 4.47 Å². The third-order valence-electron chi connectivity index (χ3n) is 1.67. The third-order valence-corrected chi connectivity index (χ3v) is 2.50. The second kappa shape index (κ2) is 4.23. The molecule has 0 amide bonds. The monoisotopic (exact) mass is 289 g/mol. The fraction of sp³-hybridized carbons (Fsp3) is 0. The quantitative estimate of drug-likeness (QED) is 0.593. The number of aromatic carboxylic acids is 1. The molecule has 0 unspecified atom stereocenters. The number of carboxylic acid groups (broad SMARTS) is 1. The number of hydrogen-bond donors (Lipinski definition) is 0. The Morgan fingerprint density at radius 2 is 1.75 bits per heavy atom. The number of carbonyl (C=O) groups is 1. The van der Waals surface area contributed by atoms with Gasteiger partial charge in [-0.05, 0) is 15.9 Å². The summed E-state index contributed by atoms with van der Waals surface area (Å²) in [4.78, 5) is 29.7. The maximum absolute atomic E-state index is 10.6. The number of non-ortho nitro benzene ring substituents is 1. The minimum atomic E-state index is -1.74. The molecule has 1 aromatic carbocycles. The molecular weight excluding hydrogens is 288 g/mol. The van der Waals surface area contributed by atoms with Crippen LogP contribution in [0.2, 0.25) is 0 Å². The molecule has 0 aromatic heterocycles. The van der Waals surface area contributed by atoms with E-state index in [0.717, 1.165) is 0 Å². The molecule has 0 fully saturated rings. The lowest BCUT2D eigenvalue weighted by Crippen LogP contribution is -2.23. The number of rotatable bonds is 3. The van der Waals surface area contributed by atoms with Crippen molar-refractivity contribution in [3.8, 4) is 0 Å². The maximum atomic E-state index is 10.6. The Morgan fingerprint density at radius 3 is 2.12 bits per heavy atom. The summed E-state index contributed by atoms with van der Waals surface area (Å²) in [5.41, 5.74) is -2.02. The molecular formula is C7H2BrN2O6-. The first-order chi connectivity index (χ1) is 7.34. The van der Waals surface area contributed by atoms with E-state index in [2.05, 4.69) is 15.9 Å². The van der Waals surface area contributed by atoms with Crippen LogP contribution in [-0.4, -0.2) is 15.8 Å². The van der Waals surface area contributed by atoms with Crippen molar-refractivity contribution in [1.29, 1.82) is 0 Å². The van der Waals surface area contributed by atoms with Gasteiger partial charge < -0.3 is 9.90 Å². The number of carbonyl (C=O) groups excluding carboxylic acids is 1.